The predicted octanol–water partition coefficient (Wildman–Crippen LogP) is 5.57. The van der Waals surface area contributed by atoms with Gasteiger partial charge in [0, 0.05) is 20.0 Å². The monoisotopic (exact) mass is 817 g/mol. The van der Waals surface area contributed by atoms with Gasteiger partial charge in [-0.3, -0.25) is 4.79 Å². The number of carbonyl (C=O) groups is 1. The first kappa shape index (κ1) is 42.7. The number of fused-ring (bicyclic) bond motifs is 8. The minimum Gasteiger partial charge on any atom is -0.657 e. The van der Waals surface area contributed by atoms with E-state index in [0.717, 1.165) is 90.2 Å². The second-order valence-electron chi connectivity index (χ2n) is 14.4. The van der Waals surface area contributed by atoms with E-state index in [0.29, 0.717) is 25.1 Å². The molecule has 0 saturated carbocycles. The number of aliphatic hydroxyl groups excluding tert-OH is 4. The van der Waals surface area contributed by atoms with Crippen LogP contribution in [0.4, 0.5) is 0 Å². The van der Waals surface area contributed by atoms with Crippen molar-refractivity contribution in [3.05, 3.63) is 75.9 Å². The summed E-state index contributed by atoms with van der Waals surface area (Å²) in [5, 5.41) is 40.0. The number of thioether (sulfide) groups is 1. The average molecular weight is 819 g/mol. The first-order chi connectivity index (χ1) is 25.8. The quantitative estimate of drug-likeness (QED) is 0.141. The van der Waals surface area contributed by atoms with Crippen LogP contribution in [0.2, 0.25) is 0 Å². The number of ether oxygens (including phenoxy) is 1. The maximum Gasteiger partial charge on any atom is 2.00 e. The maximum atomic E-state index is 13.5. The Morgan fingerprint density at radius 3 is 2.22 bits per heavy atom. The molecule has 11 nitrogen and oxygen atoms in total. The third-order valence-corrected chi connectivity index (χ3v) is 12.2. The number of hydrogen-bond donors (Lipinski definition) is 4. The number of aliphatic hydroxyl groups is 4. The number of aryl methyl sites for hydroxylation is 3. The second-order valence-corrected chi connectivity index (χ2v) is 15.6. The molecule has 13 heteroatoms. The number of carbonyl (C=O) groups excluding carboxylic acids is 1. The Balaban J connectivity index is 0.00000580. The molecular formula is C42H51N5O6SZn. The molecule has 4 N–H and O–H groups in total. The number of aromatic nitrogens is 4. The first-order valence-electron chi connectivity index (χ1n) is 18.6. The standard InChI is InChI=1S/C42H51N5O6S.Zn/c1-9-26-23(5)32-19-35-27(10-2)22(4)31(44-35)18-33-24(6)28(38(46-33)25(7)30-16-21(3)29(43-30)17-34(26)45-32)12-13-37(49)47(8)14-11-15-54-42-41(52)40(51)39(50)36(20-48)53-42;/h10,16-19,36,39-42,48,50-52H,2,9,11-15,20H2,1,3-8H3;/q-2;+2/t36-,39-,40+,41-,42+;/m1./s1. The number of hydrogen-bond acceptors (Lipinski definition) is 9. The minimum atomic E-state index is -1.41. The van der Waals surface area contributed by atoms with E-state index in [-0.39, 0.29) is 31.8 Å². The summed E-state index contributed by atoms with van der Waals surface area (Å²) in [7, 11) is 1.78. The Morgan fingerprint density at radius 1 is 0.891 bits per heavy atom. The minimum absolute atomic E-state index is 0. The van der Waals surface area contributed by atoms with Crippen LogP contribution in [0.1, 0.15) is 91.5 Å². The van der Waals surface area contributed by atoms with Crippen LogP contribution >= 0.6 is 11.8 Å². The number of amides is 1. The summed E-state index contributed by atoms with van der Waals surface area (Å²) < 4.78 is 5.60. The fraction of sp³-hybridized carbons (Fsp3) is 0.452. The second kappa shape index (κ2) is 17.8. The molecule has 6 heterocycles. The average Bonchev–Trinajstić information content (AvgIpc) is 3.86. The molecule has 5 atom stereocenters. The molecule has 0 spiro atoms. The van der Waals surface area contributed by atoms with Gasteiger partial charge in [0.1, 0.15) is 29.9 Å². The molecular weight excluding hydrogens is 768 g/mol. The molecule has 288 valence electrons. The third kappa shape index (κ3) is 8.49. The van der Waals surface area contributed by atoms with Crippen LogP contribution in [0, 0.1) is 20.8 Å². The summed E-state index contributed by atoms with van der Waals surface area (Å²) in [4.78, 5) is 35.6. The van der Waals surface area contributed by atoms with Crippen molar-refractivity contribution >= 4 is 68.1 Å². The van der Waals surface area contributed by atoms with Crippen LogP contribution in [0.25, 0.3) is 50.4 Å². The molecule has 1 saturated heterocycles. The van der Waals surface area contributed by atoms with E-state index >= 15 is 0 Å². The Hall–Kier alpha value is -3.42. The summed E-state index contributed by atoms with van der Waals surface area (Å²) in [6.45, 7) is 16.6. The van der Waals surface area contributed by atoms with Gasteiger partial charge in [-0.15, -0.1) is 33.8 Å². The summed E-state index contributed by atoms with van der Waals surface area (Å²) in [5.74, 6) is 0.535. The van der Waals surface area contributed by atoms with Crippen LogP contribution < -0.4 is 9.97 Å². The SMILES string of the molecule is C=Cc1c(C)c2cc3nc(c(C)c4cc(C)c(cc5nc(cc1[n-]2)C(C)=C5CC)[n-]4)C(CCC(=O)N(C)CCCS[C@@H]1O[C@H](CO)[C@@H](O)[C@H](O)[C@H]1O)=C3C.[Zn+2]. The van der Waals surface area contributed by atoms with Crippen molar-refractivity contribution in [2.45, 2.75) is 97.1 Å². The van der Waals surface area contributed by atoms with Crippen molar-refractivity contribution in [2.75, 3.05) is 26.0 Å². The zero-order valence-corrected chi connectivity index (χ0v) is 36.7. The van der Waals surface area contributed by atoms with Gasteiger partial charge in [-0.05, 0) is 93.1 Å². The molecule has 55 heavy (non-hydrogen) atoms. The van der Waals surface area contributed by atoms with E-state index in [1.165, 1.54) is 17.3 Å². The summed E-state index contributed by atoms with van der Waals surface area (Å²) in [6, 6.07) is 8.24. The zero-order chi connectivity index (χ0) is 39.0. The van der Waals surface area contributed by atoms with Crippen molar-refractivity contribution in [3.8, 4) is 0 Å². The molecule has 3 aromatic heterocycles. The smallest absolute Gasteiger partial charge is 0.657 e. The molecule has 8 bridgehead atoms. The van der Waals surface area contributed by atoms with Crippen LogP contribution in [-0.2, 0) is 29.0 Å². The Kier molecular flexibility index (Phi) is 13.8. The molecule has 3 aromatic rings. The van der Waals surface area contributed by atoms with E-state index in [9.17, 15) is 25.2 Å². The van der Waals surface area contributed by atoms with E-state index in [1.807, 2.05) is 25.1 Å². The molecule has 1 amide bonds. The van der Waals surface area contributed by atoms with Gasteiger partial charge in [0.25, 0.3) is 0 Å². The number of rotatable bonds is 11. The molecule has 0 aromatic carbocycles. The first-order valence-corrected chi connectivity index (χ1v) is 19.6. The third-order valence-electron chi connectivity index (χ3n) is 10.9. The van der Waals surface area contributed by atoms with Gasteiger partial charge in [-0.1, -0.05) is 55.0 Å². The molecule has 0 radical (unpaired) electrons. The Labute approximate surface area is 339 Å². The van der Waals surface area contributed by atoms with E-state index in [2.05, 4.69) is 53.3 Å². The number of nitrogens with zero attached hydrogens (tertiary/aromatic N) is 5. The normalized spacial score (nSPS) is 21.2. The van der Waals surface area contributed by atoms with Crippen molar-refractivity contribution < 1.29 is 49.4 Å². The van der Waals surface area contributed by atoms with Crippen LogP contribution in [0.3, 0.4) is 0 Å². The van der Waals surface area contributed by atoms with Crippen LogP contribution in [-0.4, -0.2) is 97.0 Å². The molecule has 6 rings (SSSR count). The largest absolute Gasteiger partial charge is 2.00 e. The van der Waals surface area contributed by atoms with Crippen molar-refractivity contribution in [1.82, 2.24) is 24.8 Å². The summed E-state index contributed by atoms with van der Waals surface area (Å²) in [6.07, 6.45) is -0.936. The van der Waals surface area contributed by atoms with Crippen molar-refractivity contribution in [1.29, 1.82) is 0 Å². The van der Waals surface area contributed by atoms with Gasteiger partial charge in [0.05, 0.1) is 29.4 Å². The van der Waals surface area contributed by atoms with Crippen LogP contribution in [0.5, 0.6) is 0 Å². The van der Waals surface area contributed by atoms with Crippen molar-refractivity contribution in [2.24, 2.45) is 0 Å². The molecule has 3 aliphatic rings. The van der Waals surface area contributed by atoms with Gasteiger partial charge >= 0.3 is 19.5 Å². The van der Waals surface area contributed by atoms with Gasteiger partial charge in [0.2, 0.25) is 5.91 Å². The summed E-state index contributed by atoms with van der Waals surface area (Å²) >= 11 is 1.29. The summed E-state index contributed by atoms with van der Waals surface area (Å²) in [5.41, 5.74) is 14.2. The van der Waals surface area contributed by atoms with Crippen LogP contribution in [0.15, 0.2) is 30.8 Å². The van der Waals surface area contributed by atoms with Gasteiger partial charge in [-0.25, -0.2) is 9.97 Å². The zero-order valence-electron chi connectivity index (χ0n) is 32.9. The van der Waals surface area contributed by atoms with Gasteiger partial charge in [0.15, 0.2) is 0 Å². The fourth-order valence-electron chi connectivity index (χ4n) is 7.44. The van der Waals surface area contributed by atoms with Gasteiger partial charge in [-0.2, -0.15) is 0 Å². The predicted molar refractivity (Wildman–Crippen MR) is 216 cm³/mol. The van der Waals surface area contributed by atoms with E-state index in [1.54, 1.807) is 11.9 Å². The molecule has 3 aliphatic heterocycles. The van der Waals surface area contributed by atoms with Gasteiger partial charge < -0.3 is 40.0 Å². The molecule has 1 fully saturated rings. The number of allylic oxidation sites excluding steroid dienone is 4. The van der Waals surface area contributed by atoms with E-state index < -0.39 is 36.5 Å². The maximum absolute atomic E-state index is 13.5. The molecule has 0 unspecified atom stereocenters. The van der Waals surface area contributed by atoms with Crippen molar-refractivity contribution in [3.63, 3.8) is 0 Å². The Morgan fingerprint density at radius 2 is 1.53 bits per heavy atom. The van der Waals surface area contributed by atoms with E-state index in [4.69, 9.17) is 24.7 Å². The fourth-order valence-corrected chi connectivity index (χ4v) is 8.55. The molecule has 0 aliphatic carbocycles. The topological polar surface area (TPSA) is 164 Å². The Bertz CT molecular complexity index is 2190.